The molecule has 0 fully saturated rings. The number of aromatic nitrogens is 1. The van der Waals surface area contributed by atoms with E-state index in [1.807, 2.05) is 80.7 Å². The van der Waals surface area contributed by atoms with Crippen molar-refractivity contribution in [3.63, 3.8) is 0 Å². The zero-order valence-corrected chi connectivity index (χ0v) is 30.0. The van der Waals surface area contributed by atoms with Gasteiger partial charge in [0.2, 0.25) is 11.8 Å². The zero-order chi connectivity index (χ0) is 36.4. The first kappa shape index (κ1) is 39.0. The number of amides is 4. The van der Waals surface area contributed by atoms with E-state index in [-0.39, 0.29) is 12.8 Å². The van der Waals surface area contributed by atoms with Crippen LogP contribution in [0.4, 0.5) is 9.59 Å². The van der Waals surface area contributed by atoms with Crippen LogP contribution in [0.5, 0.6) is 0 Å². The van der Waals surface area contributed by atoms with Gasteiger partial charge in [-0.3, -0.25) is 9.59 Å². The van der Waals surface area contributed by atoms with Crippen LogP contribution in [-0.4, -0.2) is 76.6 Å². The van der Waals surface area contributed by atoms with Crippen LogP contribution in [0.25, 0.3) is 10.6 Å². The Balaban J connectivity index is 1.94. The van der Waals surface area contributed by atoms with Crippen molar-refractivity contribution in [2.24, 2.45) is 10.8 Å². The minimum Gasteiger partial charge on any atom is -0.465 e. The molecule has 1 heterocycles. The lowest BCUT2D eigenvalue weighted by Crippen LogP contribution is -2.58. The Labute approximate surface area is 292 Å². The Hall–Kier alpha value is -4.49. The lowest BCUT2D eigenvalue weighted by molar-refractivity contribution is -0.128. The number of nitrogens with one attached hydrogen (secondary N) is 4. The van der Waals surface area contributed by atoms with Crippen molar-refractivity contribution >= 4 is 35.3 Å². The number of carboxylic acid groups (broad SMARTS) is 1. The van der Waals surface area contributed by atoms with Crippen LogP contribution in [0.3, 0.4) is 0 Å². The third kappa shape index (κ3) is 12.2. The number of carbonyl (C=O) groups is 4. The Morgan fingerprint density at radius 3 is 1.90 bits per heavy atom. The molecule has 49 heavy (non-hydrogen) atoms. The number of alkyl carbamates (subject to hydrolysis) is 1. The van der Waals surface area contributed by atoms with E-state index in [0.717, 1.165) is 21.7 Å². The number of benzene rings is 2. The monoisotopic (exact) mass is 695 g/mol. The number of aliphatic hydroxyl groups excluding tert-OH is 1. The van der Waals surface area contributed by atoms with E-state index in [9.17, 15) is 29.4 Å². The predicted octanol–water partition coefficient (Wildman–Crippen LogP) is 4.77. The molecule has 266 valence electrons. The molecule has 0 bridgehead atoms. The topological polar surface area (TPSA) is 179 Å². The van der Waals surface area contributed by atoms with Crippen molar-refractivity contribution in [2.75, 3.05) is 7.11 Å². The first-order valence-electron chi connectivity index (χ1n) is 16.1. The van der Waals surface area contributed by atoms with Crippen LogP contribution >= 0.6 is 11.3 Å². The Morgan fingerprint density at radius 2 is 1.37 bits per heavy atom. The molecule has 5 atom stereocenters. The summed E-state index contributed by atoms with van der Waals surface area (Å²) < 4.78 is 4.77. The average Bonchev–Trinajstić information content (AvgIpc) is 3.57. The van der Waals surface area contributed by atoms with E-state index in [2.05, 4.69) is 26.3 Å². The van der Waals surface area contributed by atoms with Gasteiger partial charge in [-0.25, -0.2) is 14.6 Å². The van der Waals surface area contributed by atoms with E-state index in [1.54, 1.807) is 27.0 Å². The van der Waals surface area contributed by atoms with E-state index in [0.29, 0.717) is 6.42 Å². The summed E-state index contributed by atoms with van der Waals surface area (Å²) in [6, 6.07) is 13.5. The molecule has 0 saturated carbocycles. The second kappa shape index (κ2) is 17.3. The largest absolute Gasteiger partial charge is 0.465 e. The van der Waals surface area contributed by atoms with Crippen LogP contribution in [0.1, 0.15) is 59.1 Å². The Morgan fingerprint density at radius 1 is 0.796 bits per heavy atom. The highest BCUT2D eigenvalue weighted by Crippen LogP contribution is 2.25. The maximum absolute atomic E-state index is 13.8. The van der Waals surface area contributed by atoms with Gasteiger partial charge in [0.15, 0.2) is 0 Å². The molecule has 6 N–H and O–H groups in total. The van der Waals surface area contributed by atoms with Gasteiger partial charge in [-0.15, -0.1) is 11.3 Å². The molecule has 0 saturated heterocycles. The highest BCUT2D eigenvalue weighted by atomic mass is 32.1. The highest BCUT2D eigenvalue weighted by Gasteiger charge is 2.37. The number of hydrogen-bond donors (Lipinski definition) is 6. The van der Waals surface area contributed by atoms with Gasteiger partial charge in [0.25, 0.3) is 0 Å². The minimum atomic E-state index is -1.34. The predicted molar refractivity (Wildman–Crippen MR) is 189 cm³/mol. The summed E-state index contributed by atoms with van der Waals surface area (Å²) in [5.74, 6) is -1.04. The zero-order valence-electron chi connectivity index (χ0n) is 29.2. The Kier molecular flexibility index (Phi) is 13.7. The molecule has 3 rings (SSSR count). The van der Waals surface area contributed by atoms with Crippen molar-refractivity contribution in [3.05, 3.63) is 77.3 Å². The number of rotatable bonds is 14. The summed E-state index contributed by atoms with van der Waals surface area (Å²) >= 11 is 1.52. The fourth-order valence-corrected chi connectivity index (χ4v) is 6.08. The van der Waals surface area contributed by atoms with Gasteiger partial charge in [-0.05, 0) is 41.2 Å². The van der Waals surface area contributed by atoms with Gasteiger partial charge >= 0.3 is 12.2 Å². The van der Waals surface area contributed by atoms with Crippen molar-refractivity contribution in [3.8, 4) is 10.6 Å². The molecule has 0 aliphatic rings. The molecule has 0 spiro atoms. The second-order valence-corrected chi connectivity index (χ2v) is 15.1. The molecule has 1 aromatic heterocycles. The summed E-state index contributed by atoms with van der Waals surface area (Å²) in [6.07, 6.45) is -0.925. The van der Waals surface area contributed by atoms with Crippen LogP contribution in [0.15, 0.2) is 66.2 Å². The molecular weight excluding hydrogens is 646 g/mol. The van der Waals surface area contributed by atoms with Crippen LogP contribution < -0.4 is 21.3 Å². The van der Waals surface area contributed by atoms with Gasteiger partial charge in [-0.2, -0.15) is 0 Å². The summed E-state index contributed by atoms with van der Waals surface area (Å²) in [7, 11) is 1.22. The number of nitrogens with zero attached hydrogens (tertiary/aromatic N) is 1. The highest BCUT2D eigenvalue weighted by molar-refractivity contribution is 7.13. The number of carbonyl (C=O) groups excluding carboxylic acids is 3. The summed E-state index contributed by atoms with van der Waals surface area (Å²) in [4.78, 5) is 55.5. The van der Waals surface area contributed by atoms with Crippen molar-refractivity contribution < 1.29 is 34.1 Å². The number of ether oxygens (including phenoxy) is 1. The summed E-state index contributed by atoms with van der Waals surface area (Å²) in [5.41, 5.74) is 1.23. The van der Waals surface area contributed by atoms with Gasteiger partial charge in [0, 0.05) is 23.2 Å². The number of hydrogen-bond acceptors (Lipinski definition) is 8. The van der Waals surface area contributed by atoms with E-state index in [4.69, 9.17) is 4.74 Å². The van der Waals surface area contributed by atoms with Gasteiger partial charge in [0.1, 0.15) is 17.1 Å². The van der Waals surface area contributed by atoms with Crippen LogP contribution in [0, 0.1) is 10.8 Å². The quantitative estimate of drug-likeness (QED) is 0.140. The minimum absolute atomic E-state index is 0.0272. The molecular formula is C36H49N5O7S. The van der Waals surface area contributed by atoms with Gasteiger partial charge < -0.3 is 36.2 Å². The first-order chi connectivity index (χ1) is 23.0. The molecule has 12 nitrogen and oxygen atoms in total. The van der Waals surface area contributed by atoms with Crippen molar-refractivity contribution in [2.45, 2.75) is 91.1 Å². The number of thiazole rings is 1. The number of aliphatic hydroxyl groups is 1. The molecule has 0 radical (unpaired) electrons. The lowest BCUT2D eigenvalue weighted by Gasteiger charge is -2.34. The van der Waals surface area contributed by atoms with Crippen LogP contribution in [0.2, 0.25) is 0 Å². The molecule has 3 aromatic rings. The normalized spacial score (nSPS) is 14.8. The molecule has 0 aliphatic carbocycles. The average molecular weight is 696 g/mol. The Bertz CT molecular complexity index is 1520. The second-order valence-electron chi connectivity index (χ2n) is 14.2. The smallest absolute Gasteiger partial charge is 0.407 e. The SMILES string of the molecule is COC(=O)N[C@H](C(=O)N[C@@H](Cc1ccc(-c2nccs2)cc1)CC(O)C(Cc1ccccc1)NC(=O)[C@@H](NC(=O)O)C(C)(C)C)C(C)(C)C. The van der Waals surface area contributed by atoms with Crippen molar-refractivity contribution in [1.82, 2.24) is 26.3 Å². The van der Waals surface area contributed by atoms with E-state index < -0.39 is 65.1 Å². The fraction of sp³-hybridized carbons (Fsp3) is 0.472. The van der Waals surface area contributed by atoms with Crippen molar-refractivity contribution in [1.29, 1.82) is 0 Å². The van der Waals surface area contributed by atoms with Gasteiger partial charge in [-0.1, -0.05) is 96.1 Å². The lowest BCUT2D eigenvalue weighted by atomic mass is 9.85. The summed E-state index contributed by atoms with van der Waals surface area (Å²) in [6.45, 7) is 10.7. The van der Waals surface area contributed by atoms with Crippen LogP contribution in [-0.2, 0) is 27.2 Å². The third-order valence-corrected chi connectivity index (χ3v) is 8.87. The number of methoxy groups -OCH3 is 1. The van der Waals surface area contributed by atoms with Gasteiger partial charge in [0.05, 0.1) is 19.3 Å². The standard InChI is InChI=1S/C36H49N5O7S/c1-35(2,3)28(40-33(45)46)31(44)39-26(20-22-11-9-8-10-12-22)27(42)21-25(38-30(43)29(36(4,5)6)41-34(47)48-7)19-23-13-15-24(16-14-23)32-37-17-18-49-32/h8-18,25-29,40,42H,19-21H2,1-7H3,(H,38,43)(H,39,44)(H,41,47)(H,45,46)/t25-,26?,27?,28+,29+/m0/s1. The molecule has 0 aliphatic heterocycles. The van der Waals surface area contributed by atoms with E-state index >= 15 is 0 Å². The third-order valence-electron chi connectivity index (χ3n) is 8.05. The molecule has 13 heteroatoms. The first-order valence-corrected chi connectivity index (χ1v) is 17.0. The maximum atomic E-state index is 13.8. The summed E-state index contributed by atoms with van der Waals surface area (Å²) in [5, 5.41) is 34.9. The molecule has 4 amide bonds. The fourth-order valence-electron chi connectivity index (χ4n) is 5.44. The molecule has 2 aromatic carbocycles. The maximum Gasteiger partial charge on any atom is 0.407 e. The molecule has 2 unspecified atom stereocenters. The van der Waals surface area contributed by atoms with E-state index in [1.165, 1.54) is 18.4 Å².